The first-order valence-corrected chi connectivity index (χ1v) is 11.9. The second-order valence-corrected chi connectivity index (χ2v) is 9.65. The van der Waals surface area contributed by atoms with Crippen LogP contribution in [0.5, 0.6) is 0 Å². The van der Waals surface area contributed by atoms with E-state index in [1.54, 1.807) is 24.7 Å². The first-order chi connectivity index (χ1) is 16.1. The van der Waals surface area contributed by atoms with Gasteiger partial charge in [0.2, 0.25) is 0 Å². The summed E-state index contributed by atoms with van der Waals surface area (Å²) in [5.41, 5.74) is 1.97. The normalized spacial score (nSPS) is 24.3. The smallest absolute Gasteiger partial charge is 0.308 e. The minimum absolute atomic E-state index is 0.0328. The maximum atomic E-state index is 15.7. The summed E-state index contributed by atoms with van der Waals surface area (Å²) in [6.07, 6.45) is 8.59. The molecular weight excluding hydrogens is 443 g/mol. The number of halogens is 1. The largest absolute Gasteiger partial charge is 0.481 e. The van der Waals surface area contributed by atoms with Gasteiger partial charge in [-0.05, 0) is 49.0 Å². The number of carboxylic acids is 1. The third-order valence-electron chi connectivity index (χ3n) is 6.96. The van der Waals surface area contributed by atoms with E-state index in [1.165, 1.54) is 11.3 Å². The number of carbonyl (C=O) groups is 1. The maximum Gasteiger partial charge on any atom is 0.308 e. The van der Waals surface area contributed by atoms with Crippen molar-refractivity contribution in [3.63, 3.8) is 0 Å². The van der Waals surface area contributed by atoms with Gasteiger partial charge in [-0.25, -0.2) is 19.3 Å². The van der Waals surface area contributed by atoms with Gasteiger partial charge in [0.05, 0.1) is 16.4 Å². The molecule has 0 amide bonds. The van der Waals surface area contributed by atoms with Crippen LogP contribution in [0.3, 0.4) is 0 Å². The topological polar surface area (TPSA) is 117 Å². The molecule has 4 aromatic rings. The highest BCUT2D eigenvalue weighted by molar-refractivity contribution is 7.13. The molecule has 3 aliphatic carbocycles. The van der Waals surface area contributed by atoms with Gasteiger partial charge in [-0.15, -0.1) is 11.3 Å². The van der Waals surface area contributed by atoms with Crippen molar-refractivity contribution in [1.82, 2.24) is 24.9 Å². The van der Waals surface area contributed by atoms with Gasteiger partial charge < -0.3 is 15.4 Å². The number of rotatable bonds is 5. The van der Waals surface area contributed by atoms with Crippen LogP contribution in [0.1, 0.15) is 25.7 Å². The number of fused-ring (bicyclic) bond motifs is 4. The SMILES string of the molecule is O=C(O)[C@H]1C2CCC(CC2)[C@@H]1Nc1nc(-c2c[nH]c3nccnc23)nc(-c2cccs2)c1F. The van der Waals surface area contributed by atoms with Crippen LogP contribution in [-0.4, -0.2) is 42.0 Å². The van der Waals surface area contributed by atoms with E-state index in [2.05, 4.69) is 30.2 Å². The summed E-state index contributed by atoms with van der Waals surface area (Å²) in [5, 5.41) is 15.0. The molecule has 7 rings (SSSR count). The lowest BCUT2D eigenvalue weighted by molar-refractivity contribution is -0.148. The monoisotopic (exact) mass is 464 g/mol. The molecule has 3 fully saturated rings. The fourth-order valence-corrected chi connectivity index (χ4v) is 6.14. The van der Waals surface area contributed by atoms with E-state index in [0.29, 0.717) is 27.4 Å². The van der Waals surface area contributed by atoms with Crippen molar-refractivity contribution in [2.45, 2.75) is 31.7 Å². The van der Waals surface area contributed by atoms with E-state index < -0.39 is 17.7 Å². The van der Waals surface area contributed by atoms with E-state index in [9.17, 15) is 9.90 Å². The third kappa shape index (κ3) is 3.36. The Labute approximate surface area is 192 Å². The Morgan fingerprint density at radius 1 is 1.15 bits per heavy atom. The van der Waals surface area contributed by atoms with Crippen molar-refractivity contribution >= 4 is 34.3 Å². The lowest BCUT2D eigenvalue weighted by Gasteiger charge is -2.47. The zero-order chi connectivity index (χ0) is 22.5. The van der Waals surface area contributed by atoms with Crippen LogP contribution in [0, 0.1) is 23.6 Å². The summed E-state index contributed by atoms with van der Waals surface area (Å²) in [4.78, 5) is 33.5. The highest BCUT2D eigenvalue weighted by Gasteiger charge is 2.47. The van der Waals surface area contributed by atoms with Crippen LogP contribution in [0.4, 0.5) is 10.2 Å². The predicted molar refractivity (Wildman–Crippen MR) is 122 cm³/mol. The number of carboxylic acid groups (broad SMARTS) is 1. The molecule has 3 aliphatic rings. The summed E-state index contributed by atoms with van der Waals surface area (Å²) in [5.74, 6) is -1.33. The average molecular weight is 465 g/mol. The molecule has 0 aromatic carbocycles. The molecule has 8 nitrogen and oxygen atoms in total. The third-order valence-corrected chi connectivity index (χ3v) is 7.84. The van der Waals surface area contributed by atoms with Crippen molar-refractivity contribution in [1.29, 1.82) is 0 Å². The Hall–Kier alpha value is -3.40. The van der Waals surface area contributed by atoms with Crippen molar-refractivity contribution in [2.24, 2.45) is 17.8 Å². The van der Waals surface area contributed by atoms with Crippen molar-refractivity contribution in [3.05, 3.63) is 41.9 Å². The minimum Gasteiger partial charge on any atom is -0.481 e. The molecule has 2 bridgehead atoms. The van der Waals surface area contributed by atoms with Gasteiger partial charge in [-0.3, -0.25) is 9.78 Å². The lowest BCUT2D eigenvalue weighted by atomic mass is 9.61. The van der Waals surface area contributed by atoms with Crippen LogP contribution in [0.15, 0.2) is 36.1 Å². The van der Waals surface area contributed by atoms with Gasteiger partial charge in [-0.1, -0.05) is 6.07 Å². The standard InChI is InChI=1S/C23H21FN6O2S/c24-16-19(14-2-1-9-33-14)29-20(13-10-27-22-18(13)25-7-8-26-22)30-21(16)28-17-12-5-3-11(4-6-12)15(17)23(31)32/h1-2,7-12,15,17H,3-6H2,(H,26,27)(H,31,32)(H,28,29,30)/t11?,12?,15-,17-/m0/s1. The maximum absolute atomic E-state index is 15.7. The Morgan fingerprint density at radius 3 is 2.70 bits per heavy atom. The summed E-state index contributed by atoms with van der Waals surface area (Å²) >= 11 is 1.38. The molecule has 3 saturated carbocycles. The number of nitrogens with one attached hydrogen (secondary N) is 2. The first kappa shape index (κ1) is 20.2. The van der Waals surface area contributed by atoms with Gasteiger partial charge in [0, 0.05) is 24.6 Å². The van der Waals surface area contributed by atoms with Gasteiger partial charge in [0.15, 0.2) is 23.1 Å². The zero-order valence-corrected chi connectivity index (χ0v) is 18.3. The zero-order valence-electron chi connectivity index (χ0n) is 17.5. The number of H-pyrrole nitrogens is 1. The summed E-state index contributed by atoms with van der Waals surface area (Å²) in [6, 6.07) is 3.28. The number of aromatic nitrogens is 5. The molecule has 0 aliphatic heterocycles. The Kier molecular flexibility index (Phi) is 4.83. The van der Waals surface area contributed by atoms with Crippen LogP contribution < -0.4 is 5.32 Å². The molecule has 2 atom stereocenters. The van der Waals surface area contributed by atoms with Crippen LogP contribution in [0.25, 0.3) is 33.1 Å². The second kappa shape index (κ2) is 7.87. The minimum atomic E-state index is -0.832. The molecule has 3 N–H and O–H groups in total. The molecule has 0 unspecified atom stereocenters. The molecule has 33 heavy (non-hydrogen) atoms. The van der Waals surface area contributed by atoms with E-state index in [-0.39, 0.29) is 29.4 Å². The Balaban J connectivity index is 1.48. The molecule has 0 radical (unpaired) electrons. The molecule has 168 valence electrons. The summed E-state index contributed by atoms with van der Waals surface area (Å²) < 4.78 is 15.7. The predicted octanol–water partition coefficient (Wildman–Crippen LogP) is 4.58. The Bertz CT molecular complexity index is 1330. The highest BCUT2D eigenvalue weighted by Crippen LogP contribution is 2.46. The summed E-state index contributed by atoms with van der Waals surface area (Å²) in [7, 11) is 0. The quantitative estimate of drug-likeness (QED) is 0.396. The first-order valence-electron chi connectivity index (χ1n) is 11.0. The van der Waals surface area contributed by atoms with Crippen molar-refractivity contribution in [2.75, 3.05) is 5.32 Å². The number of nitrogens with zero attached hydrogens (tertiary/aromatic N) is 4. The molecule has 10 heteroatoms. The number of aliphatic carboxylic acids is 1. The molecule has 0 saturated heterocycles. The molecule has 0 spiro atoms. The van der Waals surface area contributed by atoms with Gasteiger partial charge >= 0.3 is 5.97 Å². The highest BCUT2D eigenvalue weighted by atomic mass is 32.1. The van der Waals surface area contributed by atoms with E-state index in [1.807, 2.05) is 11.4 Å². The average Bonchev–Trinajstić information content (AvgIpc) is 3.51. The molecule has 4 aromatic heterocycles. The van der Waals surface area contributed by atoms with E-state index in [4.69, 9.17) is 0 Å². The van der Waals surface area contributed by atoms with Gasteiger partial charge in [0.25, 0.3) is 0 Å². The van der Waals surface area contributed by atoms with Gasteiger partial charge in [0.1, 0.15) is 11.2 Å². The number of aromatic amines is 1. The van der Waals surface area contributed by atoms with Crippen LogP contribution in [-0.2, 0) is 4.79 Å². The number of anilines is 1. The second-order valence-electron chi connectivity index (χ2n) is 8.70. The van der Waals surface area contributed by atoms with Crippen LogP contribution in [0.2, 0.25) is 0 Å². The summed E-state index contributed by atoms with van der Waals surface area (Å²) in [6.45, 7) is 0. The molecule has 4 heterocycles. The molecular formula is C23H21FN6O2S. The van der Waals surface area contributed by atoms with E-state index in [0.717, 1.165) is 25.7 Å². The number of hydrogen-bond donors (Lipinski definition) is 3. The lowest BCUT2D eigenvalue weighted by Crippen LogP contribution is -2.51. The van der Waals surface area contributed by atoms with Gasteiger partial charge in [-0.2, -0.15) is 0 Å². The van der Waals surface area contributed by atoms with Crippen molar-refractivity contribution in [3.8, 4) is 22.0 Å². The number of thiophene rings is 1. The van der Waals surface area contributed by atoms with E-state index >= 15 is 4.39 Å². The van der Waals surface area contributed by atoms with Crippen molar-refractivity contribution < 1.29 is 14.3 Å². The fourth-order valence-electron chi connectivity index (χ4n) is 5.43. The number of hydrogen-bond acceptors (Lipinski definition) is 7. The van der Waals surface area contributed by atoms with Crippen LogP contribution >= 0.6 is 11.3 Å². The Morgan fingerprint density at radius 2 is 1.94 bits per heavy atom. The fraction of sp³-hybridized carbons (Fsp3) is 0.348.